The standard InChI is InChI=1S/C20H23N3/c1-15-9-17(3)19(10-16(15)2)13-21-11-18-12-22-23(14-18)20-7-5-4-6-8-20/h4-10,12,14,21H,11,13H2,1-3H3. The van der Waals surface area contributed by atoms with E-state index in [1.54, 1.807) is 0 Å². The lowest BCUT2D eigenvalue weighted by molar-refractivity contribution is 0.690. The minimum atomic E-state index is 0.819. The molecule has 0 saturated carbocycles. The van der Waals surface area contributed by atoms with Crippen molar-refractivity contribution in [2.24, 2.45) is 0 Å². The lowest BCUT2D eigenvalue weighted by Gasteiger charge is -2.10. The molecule has 0 spiro atoms. The number of aryl methyl sites for hydroxylation is 3. The van der Waals surface area contributed by atoms with Crippen LogP contribution in [0.1, 0.15) is 27.8 Å². The van der Waals surface area contributed by atoms with Crippen molar-refractivity contribution in [3.05, 3.63) is 82.7 Å². The molecule has 118 valence electrons. The van der Waals surface area contributed by atoms with E-state index >= 15 is 0 Å². The molecule has 0 atom stereocenters. The predicted octanol–water partition coefficient (Wildman–Crippen LogP) is 4.09. The Morgan fingerprint density at radius 1 is 0.913 bits per heavy atom. The van der Waals surface area contributed by atoms with E-state index in [1.807, 2.05) is 29.1 Å². The molecule has 3 aromatic rings. The number of hydrogen-bond acceptors (Lipinski definition) is 2. The first-order valence-corrected chi connectivity index (χ1v) is 8.00. The Bertz CT molecular complexity index is 788. The summed E-state index contributed by atoms with van der Waals surface area (Å²) in [6.45, 7) is 8.21. The van der Waals surface area contributed by atoms with Crippen LogP contribution >= 0.6 is 0 Å². The Balaban J connectivity index is 1.62. The van der Waals surface area contributed by atoms with Gasteiger partial charge in [-0.3, -0.25) is 0 Å². The first kappa shape index (κ1) is 15.5. The smallest absolute Gasteiger partial charge is 0.0645 e. The zero-order chi connectivity index (χ0) is 16.2. The molecule has 0 saturated heterocycles. The summed E-state index contributed by atoms with van der Waals surface area (Å²) in [4.78, 5) is 0. The van der Waals surface area contributed by atoms with Crippen LogP contribution in [0.15, 0.2) is 54.9 Å². The van der Waals surface area contributed by atoms with Gasteiger partial charge in [-0.2, -0.15) is 5.10 Å². The number of benzene rings is 2. The van der Waals surface area contributed by atoms with Gasteiger partial charge in [0.05, 0.1) is 11.9 Å². The van der Waals surface area contributed by atoms with Gasteiger partial charge in [0, 0.05) is 24.8 Å². The van der Waals surface area contributed by atoms with Crippen molar-refractivity contribution in [3.8, 4) is 5.69 Å². The Morgan fingerprint density at radius 2 is 1.65 bits per heavy atom. The molecule has 0 fully saturated rings. The van der Waals surface area contributed by atoms with E-state index in [0.29, 0.717) is 0 Å². The van der Waals surface area contributed by atoms with Crippen LogP contribution in [0.25, 0.3) is 5.69 Å². The van der Waals surface area contributed by atoms with Crippen LogP contribution in [-0.2, 0) is 13.1 Å². The molecule has 3 rings (SSSR count). The second kappa shape index (κ2) is 6.80. The van der Waals surface area contributed by atoms with E-state index in [9.17, 15) is 0 Å². The van der Waals surface area contributed by atoms with Gasteiger partial charge in [-0.15, -0.1) is 0 Å². The fraction of sp³-hybridized carbons (Fsp3) is 0.250. The number of para-hydroxylation sites is 1. The van der Waals surface area contributed by atoms with Gasteiger partial charge >= 0.3 is 0 Å². The average molecular weight is 305 g/mol. The van der Waals surface area contributed by atoms with Crippen LogP contribution in [0.4, 0.5) is 0 Å². The SMILES string of the molecule is Cc1cc(C)c(CNCc2cnn(-c3ccccc3)c2)cc1C. The summed E-state index contributed by atoms with van der Waals surface area (Å²) in [6, 6.07) is 14.7. The molecule has 1 N–H and O–H groups in total. The number of hydrogen-bond donors (Lipinski definition) is 1. The molecule has 1 aromatic heterocycles. The maximum Gasteiger partial charge on any atom is 0.0645 e. The van der Waals surface area contributed by atoms with Crippen LogP contribution in [0.3, 0.4) is 0 Å². The van der Waals surface area contributed by atoms with Gasteiger partial charge in [-0.25, -0.2) is 4.68 Å². The Kier molecular flexibility index (Phi) is 4.58. The highest BCUT2D eigenvalue weighted by atomic mass is 15.3. The molecule has 3 heteroatoms. The van der Waals surface area contributed by atoms with Crippen molar-refractivity contribution < 1.29 is 0 Å². The lowest BCUT2D eigenvalue weighted by atomic mass is 10.0. The Labute approximate surface area is 138 Å². The normalized spacial score (nSPS) is 10.9. The molecular formula is C20H23N3. The maximum absolute atomic E-state index is 4.43. The molecule has 2 aromatic carbocycles. The summed E-state index contributed by atoms with van der Waals surface area (Å²) in [6.07, 6.45) is 4.00. The van der Waals surface area contributed by atoms with Gasteiger partial charge in [0.1, 0.15) is 0 Å². The van der Waals surface area contributed by atoms with E-state index < -0.39 is 0 Å². The molecule has 3 nitrogen and oxygen atoms in total. The van der Waals surface area contributed by atoms with Crippen molar-refractivity contribution in [3.63, 3.8) is 0 Å². The fourth-order valence-corrected chi connectivity index (χ4v) is 2.73. The van der Waals surface area contributed by atoms with Gasteiger partial charge < -0.3 is 5.32 Å². The molecule has 0 amide bonds. The van der Waals surface area contributed by atoms with Crippen LogP contribution in [0.5, 0.6) is 0 Å². The summed E-state index contributed by atoms with van der Waals surface area (Å²) in [5.41, 5.74) is 7.70. The third kappa shape index (κ3) is 3.69. The van der Waals surface area contributed by atoms with Gasteiger partial charge in [-0.05, 0) is 55.2 Å². The van der Waals surface area contributed by atoms with Crippen LogP contribution in [0.2, 0.25) is 0 Å². The lowest BCUT2D eigenvalue weighted by Crippen LogP contribution is -2.13. The van der Waals surface area contributed by atoms with E-state index in [1.165, 1.54) is 27.8 Å². The highest BCUT2D eigenvalue weighted by molar-refractivity contribution is 5.36. The second-order valence-corrected chi connectivity index (χ2v) is 6.10. The minimum absolute atomic E-state index is 0.819. The van der Waals surface area contributed by atoms with E-state index in [-0.39, 0.29) is 0 Å². The van der Waals surface area contributed by atoms with Crippen LogP contribution in [-0.4, -0.2) is 9.78 Å². The summed E-state index contributed by atoms with van der Waals surface area (Å²) in [7, 11) is 0. The zero-order valence-corrected chi connectivity index (χ0v) is 14.0. The third-order valence-corrected chi connectivity index (χ3v) is 4.25. The van der Waals surface area contributed by atoms with Gasteiger partial charge in [0.25, 0.3) is 0 Å². The van der Waals surface area contributed by atoms with Crippen molar-refractivity contribution in [2.45, 2.75) is 33.9 Å². The first-order chi connectivity index (χ1) is 11.1. The molecule has 0 aliphatic carbocycles. The predicted molar refractivity (Wildman–Crippen MR) is 94.8 cm³/mol. The summed E-state index contributed by atoms with van der Waals surface area (Å²) in [5.74, 6) is 0. The topological polar surface area (TPSA) is 29.9 Å². The molecule has 23 heavy (non-hydrogen) atoms. The quantitative estimate of drug-likeness (QED) is 0.769. The Morgan fingerprint density at radius 3 is 2.43 bits per heavy atom. The van der Waals surface area contributed by atoms with E-state index in [0.717, 1.165) is 18.8 Å². The van der Waals surface area contributed by atoms with Crippen molar-refractivity contribution in [1.29, 1.82) is 0 Å². The van der Waals surface area contributed by atoms with Gasteiger partial charge in [0.15, 0.2) is 0 Å². The minimum Gasteiger partial charge on any atom is -0.308 e. The molecule has 1 heterocycles. The Hall–Kier alpha value is -2.39. The average Bonchev–Trinajstić information content (AvgIpc) is 3.02. The van der Waals surface area contributed by atoms with Crippen molar-refractivity contribution >= 4 is 0 Å². The fourth-order valence-electron chi connectivity index (χ4n) is 2.73. The number of aromatic nitrogens is 2. The molecule has 0 radical (unpaired) electrons. The molecular weight excluding hydrogens is 282 g/mol. The highest BCUT2D eigenvalue weighted by Crippen LogP contribution is 2.15. The number of nitrogens with zero attached hydrogens (tertiary/aromatic N) is 2. The van der Waals surface area contributed by atoms with Gasteiger partial charge in [0.2, 0.25) is 0 Å². The third-order valence-electron chi connectivity index (χ3n) is 4.25. The van der Waals surface area contributed by atoms with Crippen LogP contribution < -0.4 is 5.32 Å². The molecule has 0 bridgehead atoms. The van der Waals surface area contributed by atoms with E-state index in [2.05, 4.69) is 61.6 Å². The van der Waals surface area contributed by atoms with E-state index in [4.69, 9.17) is 0 Å². The summed E-state index contributed by atoms with van der Waals surface area (Å²) >= 11 is 0. The number of nitrogens with one attached hydrogen (secondary N) is 1. The van der Waals surface area contributed by atoms with Crippen molar-refractivity contribution in [2.75, 3.05) is 0 Å². The monoisotopic (exact) mass is 305 g/mol. The highest BCUT2D eigenvalue weighted by Gasteiger charge is 2.03. The second-order valence-electron chi connectivity index (χ2n) is 6.10. The summed E-state index contributed by atoms with van der Waals surface area (Å²) < 4.78 is 1.91. The number of rotatable bonds is 5. The van der Waals surface area contributed by atoms with Crippen molar-refractivity contribution in [1.82, 2.24) is 15.1 Å². The zero-order valence-electron chi connectivity index (χ0n) is 14.0. The molecule has 0 unspecified atom stereocenters. The first-order valence-electron chi connectivity index (χ1n) is 8.00. The van der Waals surface area contributed by atoms with Gasteiger partial charge in [-0.1, -0.05) is 30.3 Å². The maximum atomic E-state index is 4.43. The molecule has 0 aliphatic rings. The summed E-state index contributed by atoms with van der Waals surface area (Å²) in [5, 5.41) is 7.95. The van der Waals surface area contributed by atoms with Crippen LogP contribution in [0, 0.1) is 20.8 Å². The largest absolute Gasteiger partial charge is 0.308 e. The molecule has 0 aliphatic heterocycles.